The number of benzene rings is 4. The van der Waals surface area contributed by atoms with Gasteiger partial charge in [0.1, 0.15) is 70.7 Å². The summed E-state index contributed by atoms with van der Waals surface area (Å²) in [6, 6.07) is 19.3. The third-order valence-electron chi connectivity index (χ3n) is 16.2. The number of hydrogen-bond acceptors (Lipinski definition) is 18. The van der Waals surface area contributed by atoms with E-state index in [0.29, 0.717) is 135 Å². The maximum absolute atomic E-state index is 12.8. The molecule has 4 N–H and O–H groups in total. The average Bonchev–Trinajstić information content (AvgIpc) is 1.09. The molecule has 0 aromatic heterocycles. The minimum atomic E-state index is -1.13. The van der Waals surface area contributed by atoms with Crippen molar-refractivity contribution in [1.82, 2.24) is 30.2 Å². The van der Waals surface area contributed by atoms with Crippen molar-refractivity contribution in [2.75, 3.05) is 94.0 Å². The van der Waals surface area contributed by atoms with E-state index in [4.69, 9.17) is 47.4 Å². The smallest absolute Gasteiger partial charge is 0.410 e. The number of rotatable bonds is 20. The van der Waals surface area contributed by atoms with Crippen LogP contribution in [0.25, 0.3) is 22.3 Å². The van der Waals surface area contributed by atoms with E-state index in [1.54, 1.807) is 82.0 Å². The van der Waals surface area contributed by atoms with Gasteiger partial charge >= 0.3 is 36.3 Å². The van der Waals surface area contributed by atoms with Crippen molar-refractivity contribution in [3.05, 3.63) is 95.1 Å². The van der Waals surface area contributed by atoms with Crippen LogP contribution >= 0.6 is 0 Å². The minimum absolute atomic E-state index is 0.0244. The Morgan fingerprint density at radius 1 is 0.468 bits per heavy atom. The molecule has 0 spiro atoms. The molecule has 6 amide bonds. The molecule has 8 rings (SSSR count). The first kappa shape index (κ1) is 72.4. The van der Waals surface area contributed by atoms with Crippen LogP contribution < -0.4 is 29.6 Å². The summed E-state index contributed by atoms with van der Waals surface area (Å²) in [4.78, 5) is 106. The van der Waals surface area contributed by atoms with E-state index in [1.165, 1.54) is 28.4 Å². The number of carboxylic acids is 2. The van der Waals surface area contributed by atoms with Gasteiger partial charge in [0.2, 0.25) is 0 Å². The van der Waals surface area contributed by atoms with Gasteiger partial charge in [0.25, 0.3) is 11.8 Å². The number of aliphatic carboxylic acids is 2. The third-order valence-corrected chi connectivity index (χ3v) is 16.2. The summed E-state index contributed by atoms with van der Waals surface area (Å²) in [7, 11) is 6.12. The molecule has 0 aliphatic carbocycles. The maximum Gasteiger partial charge on any atom is 0.410 e. The molecule has 4 aromatic rings. The van der Waals surface area contributed by atoms with Crippen molar-refractivity contribution in [3.8, 4) is 45.3 Å². The summed E-state index contributed by atoms with van der Waals surface area (Å²) in [5.41, 5.74) is 2.37. The Hall–Kier alpha value is -9.04. The van der Waals surface area contributed by atoms with Gasteiger partial charge in [-0.3, -0.25) is 9.59 Å². The van der Waals surface area contributed by atoms with Gasteiger partial charge < -0.3 is 87.8 Å². The number of carboxylic acid groups (broad SMARTS) is 2. The zero-order valence-electron chi connectivity index (χ0n) is 55.8. The zero-order chi connectivity index (χ0) is 68.7. The third kappa shape index (κ3) is 19.5. The molecule has 0 radical (unpaired) electrons. The molecule has 0 unspecified atom stereocenters. The van der Waals surface area contributed by atoms with Crippen LogP contribution in [0.3, 0.4) is 0 Å². The van der Waals surface area contributed by atoms with E-state index in [0.717, 1.165) is 24.0 Å². The van der Waals surface area contributed by atoms with Gasteiger partial charge in [0.15, 0.2) is 0 Å². The Labute approximate surface area is 548 Å². The topological polar surface area (TPSA) is 306 Å². The number of ether oxygens (including phenoxy) is 10. The maximum atomic E-state index is 12.8. The summed E-state index contributed by atoms with van der Waals surface area (Å²) in [5.74, 6) is -1.15. The van der Waals surface area contributed by atoms with Crippen molar-refractivity contribution in [1.29, 1.82) is 0 Å². The van der Waals surface area contributed by atoms with E-state index in [2.05, 4.69) is 10.6 Å². The number of amides is 6. The summed E-state index contributed by atoms with van der Waals surface area (Å²) in [5, 5.41) is 24.8. The standard InChI is InChI=1S/2C34H45N3O10/c2*1-33(2,3)47-32(42)37-15-13-36(14-16-37)31(41)45-21-23-19-26(43-5)28(27(20-23)44-6)24-10-8-22(9-11-24)18-25(29(38)39)35-30(40)34(4)12-7-17-46-34/h2*8-11,19-20,25H,7,12-18,21H2,1-6H3,(H,35,40)(H,38,39)/t2*25-,34+/m00/s1. The SMILES string of the molecule is COc1cc(COC(=O)N2CCN(C(=O)OC(C)(C)C)CC2)cc(OC)c1-c1ccc(C[C@H](NC(=O)[C@@]2(C)CCCO2)C(=O)O)cc1.COc1cc(COC(=O)N2CCN(C(=O)OC(C)(C)C)CC2)cc(OC)c1-c1ccc(C[C@H](NC(=O)[C@@]2(C)CCCO2)C(=O)O)cc1. The summed E-state index contributed by atoms with van der Waals surface area (Å²) in [6.07, 6.45) is 0.960. The highest BCUT2D eigenvalue weighted by Gasteiger charge is 2.41. The summed E-state index contributed by atoms with van der Waals surface area (Å²) >= 11 is 0. The largest absolute Gasteiger partial charge is 0.496 e. The van der Waals surface area contributed by atoms with E-state index in [-0.39, 0.29) is 26.1 Å². The van der Waals surface area contributed by atoms with Gasteiger partial charge in [-0.2, -0.15) is 0 Å². The number of nitrogens with one attached hydrogen (secondary N) is 2. The van der Waals surface area contributed by atoms with Crippen LogP contribution in [-0.2, 0) is 73.7 Å². The molecule has 4 heterocycles. The molecule has 0 saturated carbocycles. The molecule has 26 heteroatoms. The van der Waals surface area contributed by atoms with Crippen LogP contribution in [0.15, 0.2) is 72.8 Å². The Morgan fingerprint density at radius 3 is 1.00 bits per heavy atom. The molecule has 4 aliphatic heterocycles. The molecular weight excluding hydrogens is 1220 g/mol. The molecule has 0 bridgehead atoms. The second-order valence-corrected chi connectivity index (χ2v) is 25.7. The van der Waals surface area contributed by atoms with Crippen molar-refractivity contribution in [2.45, 2.75) is 142 Å². The lowest BCUT2D eigenvalue weighted by molar-refractivity contribution is -0.147. The predicted molar refractivity (Wildman–Crippen MR) is 343 cm³/mol. The van der Waals surface area contributed by atoms with E-state index in [1.807, 2.05) is 65.8 Å². The second-order valence-electron chi connectivity index (χ2n) is 25.7. The normalized spacial score (nSPS) is 18.7. The van der Waals surface area contributed by atoms with Gasteiger partial charge in [-0.05, 0) is 139 Å². The molecule has 512 valence electrons. The molecule has 26 nitrogen and oxygen atoms in total. The van der Waals surface area contributed by atoms with Gasteiger partial charge in [0, 0.05) is 78.4 Å². The van der Waals surface area contributed by atoms with Crippen LogP contribution in [-0.4, -0.2) is 206 Å². The van der Waals surface area contributed by atoms with Crippen LogP contribution in [0, 0.1) is 0 Å². The van der Waals surface area contributed by atoms with Crippen molar-refractivity contribution in [3.63, 3.8) is 0 Å². The van der Waals surface area contributed by atoms with Crippen LogP contribution in [0.1, 0.15) is 103 Å². The Balaban J connectivity index is 0.000000266. The Morgan fingerprint density at radius 2 is 0.755 bits per heavy atom. The van der Waals surface area contributed by atoms with Crippen molar-refractivity contribution >= 4 is 48.1 Å². The first-order chi connectivity index (χ1) is 44.4. The molecule has 4 aliphatic rings. The Kier molecular flexibility index (Phi) is 24.4. The first-order valence-electron chi connectivity index (χ1n) is 31.3. The number of methoxy groups -OCH3 is 4. The highest BCUT2D eigenvalue weighted by molar-refractivity contribution is 5.90. The molecule has 94 heavy (non-hydrogen) atoms. The average molecular weight is 1310 g/mol. The monoisotopic (exact) mass is 1310 g/mol. The van der Waals surface area contributed by atoms with Crippen LogP contribution in [0.2, 0.25) is 0 Å². The number of hydrogen-bond donors (Lipinski definition) is 4. The lowest BCUT2D eigenvalue weighted by Gasteiger charge is -2.35. The summed E-state index contributed by atoms with van der Waals surface area (Å²) < 4.78 is 55.8. The predicted octanol–water partition coefficient (Wildman–Crippen LogP) is 8.48. The number of nitrogens with zero attached hydrogens (tertiary/aromatic N) is 4. The van der Waals surface area contributed by atoms with Gasteiger partial charge in [0.05, 0.1) is 39.6 Å². The highest BCUT2D eigenvalue weighted by Crippen LogP contribution is 2.42. The van der Waals surface area contributed by atoms with Crippen molar-refractivity contribution in [2.24, 2.45) is 0 Å². The minimum Gasteiger partial charge on any atom is -0.496 e. The highest BCUT2D eigenvalue weighted by atomic mass is 16.6. The van der Waals surface area contributed by atoms with Crippen molar-refractivity contribution < 1.29 is 95.9 Å². The molecule has 4 fully saturated rings. The Bertz CT molecular complexity index is 3050. The van der Waals surface area contributed by atoms with E-state index in [9.17, 15) is 48.6 Å². The van der Waals surface area contributed by atoms with Crippen LogP contribution in [0.4, 0.5) is 19.2 Å². The van der Waals surface area contributed by atoms with E-state index < -0.39 is 82.6 Å². The fourth-order valence-electron chi connectivity index (χ4n) is 11.0. The first-order valence-corrected chi connectivity index (χ1v) is 31.3. The number of piperazine rings is 2. The molecule has 4 saturated heterocycles. The number of carbonyl (C=O) groups is 8. The van der Waals surface area contributed by atoms with E-state index >= 15 is 0 Å². The molecule has 4 aromatic carbocycles. The van der Waals surface area contributed by atoms with Gasteiger partial charge in [-0.25, -0.2) is 28.8 Å². The fraction of sp³-hybridized carbons (Fsp3) is 0.529. The van der Waals surface area contributed by atoms with Gasteiger partial charge in [-0.15, -0.1) is 0 Å². The molecule has 4 atom stereocenters. The molecular formula is C68H90N6O20. The lowest BCUT2D eigenvalue weighted by Crippen LogP contribution is -2.51. The number of carbonyl (C=O) groups excluding carboxylic acids is 6. The quantitative estimate of drug-likeness (QED) is 0.0603. The van der Waals surface area contributed by atoms with Crippen LogP contribution in [0.5, 0.6) is 23.0 Å². The lowest BCUT2D eigenvalue weighted by atomic mass is 9.97. The second kappa shape index (κ2) is 31.7. The zero-order valence-corrected chi connectivity index (χ0v) is 55.8. The summed E-state index contributed by atoms with van der Waals surface area (Å²) in [6.45, 7) is 17.8. The van der Waals surface area contributed by atoms with Gasteiger partial charge in [-0.1, -0.05) is 48.5 Å². The fourth-order valence-corrected chi connectivity index (χ4v) is 11.0.